The normalized spacial score (nSPS) is 15.6. The molecule has 0 spiro atoms. The van der Waals surface area contributed by atoms with Gasteiger partial charge in [-0.15, -0.1) is 0 Å². The molecule has 1 N–H and O–H groups in total. The Balaban J connectivity index is 1.37. The van der Waals surface area contributed by atoms with Gasteiger partial charge in [-0.05, 0) is 72.9 Å². The van der Waals surface area contributed by atoms with Crippen LogP contribution in [0.3, 0.4) is 0 Å². The number of aromatic nitrogens is 1. The second-order valence-electron chi connectivity index (χ2n) is 8.28. The number of non-ortho nitro benzene ring substituents is 1. The van der Waals surface area contributed by atoms with Crippen molar-refractivity contribution in [1.29, 1.82) is 0 Å². The van der Waals surface area contributed by atoms with Crippen molar-refractivity contribution in [3.05, 3.63) is 88.0 Å². The van der Waals surface area contributed by atoms with Crippen molar-refractivity contribution in [2.75, 3.05) is 11.9 Å². The highest BCUT2D eigenvalue weighted by Gasteiger charge is 2.33. The number of hydrogen-bond acceptors (Lipinski definition) is 5. The summed E-state index contributed by atoms with van der Waals surface area (Å²) in [6, 6.07) is 15.6. The Hall–Kier alpha value is -4.27. The number of aryl methyl sites for hydroxylation is 1. The van der Waals surface area contributed by atoms with Crippen LogP contribution in [0.15, 0.2) is 65.1 Å². The van der Waals surface area contributed by atoms with Gasteiger partial charge >= 0.3 is 6.03 Å². The van der Waals surface area contributed by atoms with E-state index in [0.29, 0.717) is 41.2 Å². The first-order valence-electron chi connectivity index (χ1n) is 10.9. The van der Waals surface area contributed by atoms with Crippen LogP contribution in [-0.4, -0.2) is 27.4 Å². The summed E-state index contributed by atoms with van der Waals surface area (Å²) in [6.07, 6.45) is 1.52. The topological polar surface area (TPSA) is 102 Å². The van der Waals surface area contributed by atoms with Crippen molar-refractivity contribution in [1.82, 2.24) is 9.88 Å². The summed E-state index contributed by atoms with van der Waals surface area (Å²) < 4.78 is 19.6. The van der Waals surface area contributed by atoms with E-state index in [1.54, 1.807) is 24.0 Å². The number of carbonyl (C=O) groups excluding carboxylic acids is 1. The molecule has 1 fully saturated rings. The lowest BCUT2D eigenvalue weighted by atomic mass is 10.0. The molecule has 1 aliphatic rings. The number of nitro benzene ring substituents is 1. The number of anilines is 1. The zero-order chi connectivity index (χ0) is 23.8. The second kappa shape index (κ2) is 8.58. The fraction of sp³-hybridized carbons (Fsp3) is 0.200. The van der Waals surface area contributed by atoms with E-state index in [4.69, 9.17) is 4.42 Å². The fourth-order valence-electron chi connectivity index (χ4n) is 4.22. The third-order valence-electron chi connectivity index (χ3n) is 6.02. The number of carbonyl (C=O) groups is 1. The molecule has 1 atom stereocenters. The van der Waals surface area contributed by atoms with Crippen molar-refractivity contribution >= 4 is 28.5 Å². The minimum absolute atomic E-state index is 0.0429. The maximum atomic E-state index is 13.6. The van der Waals surface area contributed by atoms with Crippen LogP contribution >= 0.6 is 0 Å². The lowest BCUT2D eigenvalue weighted by Gasteiger charge is -2.22. The third kappa shape index (κ3) is 4.07. The number of halogens is 1. The molecule has 8 nitrogen and oxygen atoms in total. The van der Waals surface area contributed by atoms with E-state index < -0.39 is 4.92 Å². The van der Waals surface area contributed by atoms with Gasteiger partial charge in [0.1, 0.15) is 17.4 Å². The van der Waals surface area contributed by atoms with Gasteiger partial charge in [-0.25, -0.2) is 14.2 Å². The standard InChI is InChI=1S/C25H21FN4O4/c1-15-13-16(4-10-20(15)26)17-5-11-23-21(14-17)28-24(34-23)22-3-2-12-29(22)25(31)27-18-6-8-19(9-7-18)30(32)33/h4-11,13-14,22H,2-3,12H2,1H3,(H,27,31). The molecule has 172 valence electrons. The number of oxazole rings is 1. The first kappa shape index (κ1) is 21.6. The van der Waals surface area contributed by atoms with E-state index in [0.717, 1.165) is 17.5 Å². The molecule has 1 aromatic heterocycles. The highest BCUT2D eigenvalue weighted by molar-refractivity contribution is 5.90. The Morgan fingerprint density at radius 2 is 1.88 bits per heavy atom. The van der Waals surface area contributed by atoms with Crippen LogP contribution in [0.4, 0.5) is 20.6 Å². The number of amides is 2. The summed E-state index contributed by atoms with van der Waals surface area (Å²) in [5, 5.41) is 13.6. The summed E-state index contributed by atoms with van der Waals surface area (Å²) >= 11 is 0. The number of nitro groups is 1. The summed E-state index contributed by atoms with van der Waals surface area (Å²) in [5.74, 6) is 0.209. The predicted molar refractivity (Wildman–Crippen MR) is 125 cm³/mol. The summed E-state index contributed by atoms with van der Waals surface area (Å²) in [6.45, 7) is 2.27. The van der Waals surface area contributed by atoms with Gasteiger partial charge in [-0.1, -0.05) is 12.1 Å². The van der Waals surface area contributed by atoms with Crippen molar-refractivity contribution in [2.45, 2.75) is 25.8 Å². The van der Waals surface area contributed by atoms with Gasteiger partial charge in [-0.2, -0.15) is 0 Å². The van der Waals surface area contributed by atoms with Gasteiger partial charge in [0.2, 0.25) is 5.89 Å². The van der Waals surface area contributed by atoms with Crippen LogP contribution in [-0.2, 0) is 0 Å². The molecule has 2 heterocycles. The van der Waals surface area contributed by atoms with Crippen LogP contribution in [0.5, 0.6) is 0 Å². The Morgan fingerprint density at radius 3 is 2.62 bits per heavy atom. The zero-order valence-electron chi connectivity index (χ0n) is 18.3. The van der Waals surface area contributed by atoms with E-state index in [9.17, 15) is 19.3 Å². The SMILES string of the molecule is Cc1cc(-c2ccc3oc(C4CCCN4C(=O)Nc4ccc([N+](=O)[O-])cc4)nc3c2)ccc1F. The maximum Gasteiger partial charge on any atom is 0.322 e. The number of nitrogens with one attached hydrogen (secondary N) is 1. The van der Waals surface area contributed by atoms with Crippen LogP contribution in [0.25, 0.3) is 22.2 Å². The summed E-state index contributed by atoms with van der Waals surface area (Å²) in [5.41, 5.74) is 4.05. The predicted octanol–water partition coefficient (Wildman–Crippen LogP) is 6.22. The number of rotatable bonds is 4. The van der Waals surface area contributed by atoms with E-state index in [1.807, 2.05) is 18.2 Å². The first-order chi connectivity index (χ1) is 16.4. The van der Waals surface area contributed by atoms with Crippen molar-refractivity contribution in [2.24, 2.45) is 0 Å². The molecule has 1 unspecified atom stereocenters. The fourth-order valence-corrected chi connectivity index (χ4v) is 4.22. The molecule has 3 aromatic carbocycles. The molecule has 0 saturated carbocycles. The average molecular weight is 460 g/mol. The number of urea groups is 1. The van der Waals surface area contributed by atoms with Gasteiger partial charge in [0.15, 0.2) is 5.58 Å². The van der Waals surface area contributed by atoms with Crippen LogP contribution in [0.2, 0.25) is 0 Å². The molecule has 9 heteroatoms. The van der Waals surface area contributed by atoms with E-state index >= 15 is 0 Å². The number of benzene rings is 3. The highest BCUT2D eigenvalue weighted by Crippen LogP contribution is 2.35. The molecule has 0 radical (unpaired) electrons. The van der Waals surface area contributed by atoms with Gasteiger partial charge in [-0.3, -0.25) is 10.1 Å². The van der Waals surface area contributed by atoms with Crippen molar-refractivity contribution in [3.63, 3.8) is 0 Å². The lowest BCUT2D eigenvalue weighted by Crippen LogP contribution is -2.34. The molecule has 5 rings (SSSR count). The monoisotopic (exact) mass is 460 g/mol. The van der Waals surface area contributed by atoms with Gasteiger partial charge in [0, 0.05) is 24.4 Å². The number of hydrogen-bond donors (Lipinski definition) is 1. The molecule has 0 aliphatic carbocycles. The molecular weight excluding hydrogens is 439 g/mol. The Kier molecular flexibility index (Phi) is 5.45. The minimum atomic E-state index is -0.488. The Labute approximate surface area is 194 Å². The molecule has 2 amide bonds. The van der Waals surface area contributed by atoms with Gasteiger partial charge in [0.05, 0.1) is 4.92 Å². The third-order valence-corrected chi connectivity index (χ3v) is 6.02. The zero-order valence-corrected chi connectivity index (χ0v) is 18.3. The number of likely N-dealkylation sites (tertiary alicyclic amines) is 1. The van der Waals surface area contributed by atoms with Crippen LogP contribution in [0, 0.1) is 22.9 Å². The molecule has 34 heavy (non-hydrogen) atoms. The maximum absolute atomic E-state index is 13.6. The summed E-state index contributed by atoms with van der Waals surface area (Å²) in [4.78, 5) is 29.6. The molecule has 4 aromatic rings. The lowest BCUT2D eigenvalue weighted by molar-refractivity contribution is -0.384. The van der Waals surface area contributed by atoms with E-state index in [1.165, 1.54) is 30.3 Å². The second-order valence-corrected chi connectivity index (χ2v) is 8.28. The average Bonchev–Trinajstić information content (AvgIpc) is 3.47. The Morgan fingerprint density at radius 1 is 1.15 bits per heavy atom. The molecular formula is C25H21FN4O4. The van der Waals surface area contributed by atoms with Gasteiger partial charge in [0.25, 0.3) is 5.69 Å². The van der Waals surface area contributed by atoms with Crippen LogP contribution in [0.1, 0.15) is 30.3 Å². The minimum Gasteiger partial charge on any atom is -0.438 e. The van der Waals surface area contributed by atoms with Crippen molar-refractivity contribution < 1.29 is 18.5 Å². The van der Waals surface area contributed by atoms with E-state index in [2.05, 4.69) is 10.3 Å². The Bertz CT molecular complexity index is 1400. The largest absolute Gasteiger partial charge is 0.438 e. The quantitative estimate of drug-likeness (QED) is 0.288. The summed E-state index contributed by atoms with van der Waals surface area (Å²) in [7, 11) is 0. The van der Waals surface area contributed by atoms with E-state index in [-0.39, 0.29) is 23.6 Å². The number of fused-ring (bicyclic) bond motifs is 1. The number of nitrogens with zero attached hydrogens (tertiary/aromatic N) is 3. The van der Waals surface area contributed by atoms with Crippen molar-refractivity contribution in [3.8, 4) is 11.1 Å². The van der Waals surface area contributed by atoms with Crippen LogP contribution < -0.4 is 5.32 Å². The first-order valence-corrected chi connectivity index (χ1v) is 10.9. The highest BCUT2D eigenvalue weighted by atomic mass is 19.1. The molecule has 1 aliphatic heterocycles. The smallest absolute Gasteiger partial charge is 0.322 e. The molecule has 1 saturated heterocycles. The molecule has 0 bridgehead atoms. The van der Waals surface area contributed by atoms with Gasteiger partial charge < -0.3 is 14.6 Å².